The summed E-state index contributed by atoms with van der Waals surface area (Å²) in [5.74, 6) is -1.35. The van der Waals surface area contributed by atoms with Gasteiger partial charge in [0.15, 0.2) is 3.95 Å². The molecule has 1 aromatic carbocycles. The van der Waals surface area contributed by atoms with E-state index in [1.54, 1.807) is 4.40 Å². The second-order valence-electron chi connectivity index (χ2n) is 6.68. The second-order valence-corrected chi connectivity index (χ2v) is 8.32. The molecule has 0 aliphatic heterocycles. The van der Waals surface area contributed by atoms with Crippen molar-refractivity contribution in [3.05, 3.63) is 42.9 Å². The molecular weight excluding hydrogens is 386 g/mol. The van der Waals surface area contributed by atoms with E-state index in [1.807, 2.05) is 0 Å². The van der Waals surface area contributed by atoms with Crippen LogP contribution in [0.1, 0.15) is 52.1 Å². The second kappa shape index (κ2) is 6.90. The lowest BCUT2D eigenvalue weighted by molar-refractivity contribution is 0.0696. The van der Waals surface area contributed by atoms with Gasteiger partial charge in [0.25, 0.3) is 11.5 Å². The van der Waals surface area contributed by atoms with Crippen molar-refractivity contribution in [3.8, 4) is 0 Å². The number of aromatic nitrogens is 2. The minimum atomic E-state index is -1.10. The van der Waals surface area contributed by atoms with Gasteiger partial charge in [0.1, 0.15) is 10.5 Å². The Morgan fingerprint density at radius 3 is 2.70 bits per heavy atom. The molecule has 0 radical (unpaired) electrons. The number of carboxylic acids is 1. The molecule has 1 aliphatic rings. The number of thiazole rings is 1. The fourth-order valence-electron chi connectivity index (χ4n) is 3.57. The minimum absolute atomic E-state index is 0.0516. The molecule has 0 unspecified atom stereocenters. The van der Waals surface area contributed by atoms with E-state index in [0.29, 0.717) is 25.4 Å². The van der Waals surface area contributed by atoms with Crippen molar-refractivity contribution < 1.29 is 14.7 Å². The molecule has 1 aliphatic carbocycles. The third-order valence-electron chi connectivity index (χ3n) is 4.92. The summed E-state index contributed by atoms with van der Waals surface area (Å²) in [6.07, 6.45) is 5.27. The zero-order chi connectivity index (χ0) is 19.1. The Morgan fingerprint density at radius 2 is 2.00 bits per heavy atom. The average molecular weight is 403 g/mol. The normalized spacial score (nSPS) is 15.3. The molecule has 1 saturated carbocycles. The van der Waals surface area contributed by atoms with Gasteiger partial charge in [0, 0.05) is 6.04 Å². The third-order valence-corrected chi connectivity index (χ3v) is 6.29. The van der Waals surface area contributed by atoms with Crippen molar-refractivity contribution in [2.75, 3.05) is 0 Å². The highest BCUT2D eigenvalue weighted by molar-refractivity contribution is 7.73. The van der Waals surface area contributed by atoms with Crippen LogP contribution in [0.2, 0.25) is 0 Å². The molecule has 1 amide bonds. The molecule has 2 aromatic heterocycles. The zero-order valence-electron chi connectivity index (χ0n) is 14.3. The Hall–Kier alpha value is -2.52. The predicted molar refractivity (Wildman–Crippen MR) is 106 cm³/mol. The van der Waals surface area contributed by atoms with E-state index in [4.69, 9.17) is 12.2 Å². The summed E-state index contributed by atoms with van der Waals surface area (Å²) >= 11 is 6.52. The van der Waals surface area contributed by atoms with Crippen molar-refractivity contribution in [1.82, 2.24) is 14.7 Å². The van der Waals surface area contributed by atoms with Crippen molar-refractivity contribution in [1.29, 1.82) is 0 Å². The summed E-state index contributed by atoms with van der Waals surface area (Å²) in [5.41, 5.74) is 0.349. The number of aromatic carboxylic acids is 1. The molecule has 0 saturated heterocycles. The van der Waals surface area contributed by atoms with Gasteiger partial charge in [-0.3, -0.25) is 14.0 Å². The summed E-state index contributed by atoms with van der Waals surface area (Å²) in [4.78, 5) is 39.6. The van der Waals surface area contributed by atoms with Crippen LogP contribution in [-0.4, -0.2) is 32.4 Å². The lowest BCUT2D eigenvalue weighted by Gasteiger charge is -2.22. The van der Waals surface area contributed by atoms with Gasteiger partial charge in [-0.05, 0) is 43.3 Å². The standard InChI is InChI=1S/C18H17N3O4S2/c22-15-11-7-6-9(17(24)25)8-12(11)21-14(20-15)13(27-18(21)26)16(23)19-10-4-2-1-3-5-10/h6-8,10H,1-5H2,(H,19,23)(H,20,22)(H,24,25). The molecule has 27 heavy (non-hydrogen) atoms. The van der Waals surface area contributed by atoms with Crippen LogP contribution in [-0.2, 0) is 0 Å². The third kappa shape index (κ3) is 3.17. The zero-order valence-corrected chi connectivity index (χ0v) is 15.9. The van der Waals surface area contributed by atoms with Crippen molar-refractivity contribution in [2.24, 2.45) is 0 Å². The maximum absolute atomic E-state index is 12.8. The SMILES string of the molecule is O=C(O)c1ccc2c(=O)[nH]c3c(C(=O)NC4CCCCC4)sc(=S)n3c2c1. The van der Waals surface area contributed by atoms with Gasteiger partial charge < -0.3 is 15.4 Å². The number of hydrogen-bond donors (Lipinski definition) is 3. The topological polar surface area (TPSA) is 104 Å². The molecular formula is C18H17N3O4S2. The molecule has 2 heterocycles. The van der Waals surface area contributed by atoms with Gasteiger partial charge in [0.05, 0.1) is 16.5 Å². The number of H-pyrrole nitrogens is 1. The largest absolute Gasteiger partial charge is 0.478 e. The van der Waals surface area contributed by atoms with Crippen LogP contribution in [0.25, 0.3) is 16.6 Å². The molecule has 4 rings (SSSR count). The first-order chi connectivity index (χ1) is 13.0. The van der Waals surface area contributed by atoms with E-state index in [2.05, 4.69) is 10.3 Å². The summed E-state index contributed by atoms with van der Waals surface area (Å²) in [6, 6.07) is 4.37. The molecule has 7 nitrogen and oxygen atoms in total. The molecule has 9 heteroatoms. The van der Waals surface area contributed by atoms with Crippen molar-refractivity contribution in [3.63, 3.8) is 0 Å². The van der Waals surface area contributed by atoms with Crippen LogP contribution in [0, 0.1) is 3.95 Å². The van der Waals surface area contributed by atoms with Crippen LogP contribution in [0.5, 0.6) is 0 Å². The maximum atomic E-state index is 12.8. The number of nitrogens with zero attached hydrogens (tertiary/aromatic N) is 1. The first kappa shape index (κ1) is 17.9. The molecule has 1 fully saturated rings. The van der Waals surface area contributed by atoms with Gasteiger partial charge in [-0.25, -0.2) is 4.79 Å². The molecule has 140 valence electrons. The molecule has 3 aromatic rings. The summed E-state index contributed by atoms with van der Waals surface area (Å²) in [5, 5.41) is 12.6. The van der Waals surface area contributed by atoms with Gasteiger partial charge in [-0.2, -0.15) is 0 Å². The number of rotatable bonds is 3. The highest BCUT2D eigenvalue weighted by Crippen LogP contribution is 2.24. The molecule has 0 spiro atoms. The number of carboxylic acid groups (broad SMARTS) is 1. The number of fused-ring (bicyclic) bond motifs is 3. The fourth-order valence-corrected chi connectivity index (χ4v) is 4.86. The number of benzene rings is 1. The van der Waals surface area contributed by atoms with Crippen molar-refractivity contribution >= 4 is 52.0 Å². The number of carbonyl (C=O) groups excluding carboxylic acids is 1. The summed E-state index contributed by atoms with van der Waals surface area (Å²) in [6.45, 7) is 0. The van der Waals surface area contributed by atoms with Crippen LogP contribution >= 0.6 is 23.6 Å². The van der Waals surface area contributed by atoms with E-state index >= 15 is 0 Å². The highest BCUT2D eigenvalue weighted by Gasteiger charge is 2.22. The first-order valence-corrected chi connectivity index (χ1v) is 9.94. The van der Waals surface area contributed by atoms with E-state index in [1.165, 1.54) is 24.6 Å². The smallest absolute Gasteiger partial charge is 0.335 e. The lowest BCUT2D eigenvalue weighted by atomic mass is 9.95. The van der Waals surface area contributed by atoms with E-state index in [-0.39, 0.29) is 23.1 Å². The first-order valence-electron chi connectivity index (χ1n) is 8.71. The van der Waals surface area contributed by atoms with Gasteiger partial charge >= 0.3 is 5.97 Å². The molecule has 0 bridgehead atoms. The Morgan fingerprint density at radius 1 is 1.26 bits per heavy atom. The van der Waals surface area contributed by atoms with E-state index < -0.39 is 5.97 Å². The lowest BCUT2D eigenvalue weighted by Crippen LogP contribution is -2.36. The van der Waals surface area contributed by atoms with Gasteiger partial charge in [-0.15, -0.1) is 0 Å². The van der Waals surface area contributed by atoms with Crippen molar-refractivity contribution in [2.45, 2.75) is 38.1 Å². The van der Waals surface area contributed by atoms with Crippen LogP contribution < -0.4 is 10.9 Å². The molecule has 0 atom stereocenters. The Labute approximate surface area is 162 Å². The number of carbonyl (C=O) groups is 2. The van der Waals surface area contributed by atoms with Gasteiger partial charge in [0.2, 0.25) is 0 Å². The van der Waals surface area contributed by atoms with Crippen LogP contribution in [0.15, 0.2) is 23.0 Å². The fraction of sp³-hybridized carbons (Fsp3) is 0.333. The quantitative estimate of drug-likeness (QED) is 0.582. The number of nitrogens with one attached hydrogen (secondary N) is 2. The van der Waals surface area contributed by atoms with Crippen LogP contribution in [0.3, 0.4) is 0 Å². The number of hydrogen-bond acceptors (Lipinski definition) is 5. The van der Waals surface area contributed by atoms with E-state index in [9.17, 15) is 19.5 Å². The monoisotopic (exact) mass is 403 g/mol. The predicted octanol–water partition coefficient (Wildman–Crippen LogP) is 3.33. The molecule has 3 N–H and O–H groups in total. The summed E-state index contributed by atoms with van der Waals surface area (Å²) in [7, 11) is 0. The van der Waals surface area contributed by atoms with Crippen LogP contribution in [0.4, 0.5) is 0 Å². The average Bonchev–Trinajstić information content (AvgIpc) is 2.99. The minimum Gasteiger partial charge on any atom is -0.478 e. The maximum Gasteiger partial charge on any atom is 0.335 e. The van der Waals surface area contributed by atoms with E-state index in [0.717, 1.165) is 37.0 Å². The Kier molecular flexibility index (Phi) is 4.56. The number of amides is 1. The highest BCUT2D eigenvalue weighted by atomic mass is 32.1. The summed E-state index contributed by atoms with van der Waals surface area (Å²) < 4.78 is 1.95. The Balaban J connectivity index is 1.87. The Bertz CT molecular complexity index is 1180. The van der Waals surface area contributed by atoms with Gasteiger partial charge in [-0.1, -0.05) is 30.6 Å². The number of aromatic amines is 1.